The molecule has 0 aliphatic rings. The summed E-state index contributed by atoms with van der Waals surface area (Å²) in [6.07, 6.45) is 0.270. The first kappa shape index (κ1) is 9.64. The van der Waals surface area contributed by atoms with E-state index in [4.69, 9.17) is 4.42 Å². The summed E-state index contributed by atoms with van der Waals surface area (Å²) in [5.74, 6) is 1.75. The van der Waals surface area contributed by atoms with Gasteiger partial charge in [0, 0.05) is 13.0 Å². The van der Waals surface area contributed by atoms with Crippen molar-refractivity contribution < 1.29 is 13.9 Å². The van der Waals surface area contributed by atoms with Crippen molar-refractivity contribution in [3.63, 3.8) is 0 Å². The van der Waals surface area contributed by atoms with Crippen LogP contribution in [0.25, 0.3) is 0 Å². The lowest BCUT2D eigenvalue weighted by atomic mass is 10.3. The van der Waals surface area contributed by atoms with E-state index in [0.29, 0.717) is 13.0 Å². The molecule has 0 spiro atoms. The first-order valence-electron chi connectivity index (χ1n) is 4.09. The fourth-order valence-electron chi connectivity index (χ4n) is 0.979. The number of carbonyl (C=O) groups is 1. The van der Waals surface area contributed by atoms with Crippen molar-refractivity contribution in [3.8, 4) is 0 Å². The van der Waals surface area contributed by atoms with Crippen molar-refractivity contribution in [1.82, 2.24) is 5.32 Å². The van der Waals surface area contributed by atoms with Gasteiger partial charge in [-0.15, -0.1) is 0 Å². The molecule has 72 valence electrons. The van der Waals surface area contributed by atoms with Crippen LogP contribution in [0.5, 0.6) is 0 Å². The summed E-state index contributed by atoms with van der Waals surface area (Å²) in [5.41, 5.74) is 0. The molecule has 4 nitrogen and oxygen atoms in total. The number of amides is 1. The smallest absolute Gasteiger partial charge is 0.406 e. The molecule has 0 atom stereocenters. The topological polar surface area (TPSA) is 51.5 Å². The van der Waals surface area contributed by atoms with Crippen LogP contribution in [-0.4, -0.2) is 19.7 Å². The monoisotopic (exact) mass is 183 g/mol. The van der Waals surface area contributed by atoms with Crippen LogP contribution < -0.4 is 5.32 Å². The van der Waals surface area contributed by atoms with Gasteiger partial charge >= 0.3 is 6.09 Å². The van der Waals surface area contributed by atoms with Crippen LogP contribution in [0.2, 0.25) is 0 Å². The number of hydrogen-bond acceptors (Lipinski definition) is 3. The van der Waals surface area contributed by atoms with E-state index in [1.165, 1.54) is 7.11 Å². The van der Waals surface area contributed by atoms with E-state index in [1.807, 2.05) is 19.1 Å². The van der Waals surface area contributed by atoms with Crippen LogP contribution in [0, 0.1) is 6.92 Å². The largest absolute Gasteiger partial charge is 0.466 e. The quantitative estimate of drug-likeness (QED) is 0.772. The van der Waals surface area contributed by atoms with Gasteiger partial charge in [0.1, 0.15) is 11.5 Å². The van der Waals surface area contributed by atoms with Crippen molar-refractivity contribution in [3.05, 3.63) is 23.7 Å². The average Bonchev–Trinajstić information content (AvgIpc) is 2.51. The molecular weight excluding hydrogens is 170 g/mol. The Kier molecular flexibility index (Phi) is 3.37. The molecule has 1 heterocycles. The van der Waals surface area contributed by atoms with Gasteiger partial charge in [-0.3, -0.25) is 0 Å². The predicted octanol–water partition coefficient (Wildman–Crippen LogP) is 1.49. The second-order valence-electron chi connectivity index (χ2n) is 2.68. The predicted molar refractivity (Wildman–Crippen MR) is 47.6 cm³/mol. The Hall–Kier alpha value is -1.45. The minimum Gasteiger partial charge on any atom is -0.466 e. The lowest BCUT2D eigenvalue weighted by molar-refractivity contribution is 0.171. The molecule has 0 radical (unpaired) electrons. The highest BCUT2D eigenvalue weighted by Crippen LogP contribution is 2.05. The molecule has 0 unspecified atom stereocenters. The lowest BCUT2D eigenvalue weighted by Gasteiger charge is -2.00. The molecule has 13 heavy (non-hydrogen) atoms. The number of aryl methyl sites for hydroxylation is 1. The Morgan fingerprint density at radius 1 is 1.62 bits per heavy atom. The SMILES string of the molecule is COC(=O)NCCc1ccc(C)o1. The van der Waals surface area contributed by atoms with Gasteiger partial charge in [0.25, 0.3) is 0 Å². The average molecular weight is 183 g/mol. The highest BCUT2D eigenvalue weighted by molar-refractivity contribution is 5.66. The van der Waals surface area contributed by atoms with Crippen LogP contribution in [0.15, 0.2) is 16.5 Å². The van der Waals surface area contributed by atoms with Gasteiger partial charge in [-0.2, -0.15) is 0 Å². The standard InChI is InChI=1S/C9H13NO3/c1-7-3-4-8(13-7)5-6-10-9(11)12-2/h3-4H,5-6H2,1-2H3,(H,10,11). The number of furan rings is 1. The van der Waals surface area contributed by atoms with E-state index in [2.05, 4.69) is 10.1 Å². The number of methoxy groups -OCH3 is 1. The van der Waals surface area contributed by atoms with E-state index < -0.39 is 6.09 Å². The van der Waals surface area contributed by atoms with Gasteiger partial charge < -0.3 is 14.5 Å². The van der Waals surface area contributed by atoms with Gasteiger partial charge in [-0.25, -0.2) is 4.79 Å². The third-order valence-electron chi connectivity index (χ3n) is 1.62. The van der Waals surface area contributed by atoms with Crippen LogP contribution in [0.3, 0.4) is 0 Å². The van der Waals surface area contributed by atoms with E-state index in [1.54, 1.807) is 0 Å². The number of ether oxygens (including phenoxy) is 1. The minimum atomic E-state index is -0.414. The normalized spacial score (nSPS) is 9.69. The molecule has 1 amide bonds. The van der Waals surface area contributed by atoms with Crippen molar-refractivity contribution in [1.29, 1.82) is 0 Å². The van der Waals surface area contributed by atoms with Crippen molar-refractivity contribution in [2.24, 2.45) is 0 Å². The third-order valence-corrected chi connectivity index (χ3v) is 1.62. The molecule has 4 heteroatoms. The van der Waals surface area contributed by atoms with E-state index >= 15 is 0 Å². The summed E-state index contributed by atoms with van der Waals surface area (Å²) in [6, 6.07) is 3.79. The summed E-state index contributed by atoms with van der Waals surface area (Å²) in [7, 11) is 1.34. The Bertz CT molecular complexity index is 280. The Morgan fingerprint density at radius 3 is 2.92 bits per heavy atom. The van der Waals surface area contributed by atoms with Crippen LogP contribution in [0.4, 0.5) is 4.79 Å². The molecule has 0 aliphatic heterocycles. The van der Waals surface area contributed by atoms with Gasteiger partial charge in [0.15, 0.2) is 0 Å². The van der Waals surface area contributed by atoms with Gasteiger partial charge in [-0.1, -0.05) is 0 Å². The zero-order valence-corrected chi connectivity index (χ0v) is 7.79. The number of rotatable bonds is 3. The fourth-order valence-corrected chi connectivity index (χ4v) is 0.979. The zero-order valence-electron chi connectivity index (χ0n) is 7.79. The molecule has 0 fully saturated rings. The molecule has 0 aliphatic carbocycles. The molecule has 1 aromatic rings. The Balaban J connectivity index is 2.24. The minimum absolute atomic E-state index is 0.414. The summed E-state index contributed by atoms with van der Waals surface area (Å²) in [5, 5.41) is 2.57. The van der Waals surface area contributed by atoms with Crippen molar-refractivity contribution in [2.75, 3.05) is 13.7 Å². The van der Waals surface area contributed by atoms with Crippen LogP contribution in [-0.2, 0) is 11.2 Å². The van der Waals surface area contributed by atoms with Crippen LogP contribution >= 0.6 is 0 Å². The first-order chi connectivity index (χ1) is 6.22. The summed E-state index contributed by atoms with van der Waals surface area (Å²) in [4.78, 5) is 10.6. The maximum absolute atomic E-state index is 10.6. The highest BCUT2D eigenvalue weighted by Gasteiger charge is 2.00. The molecule has 0 bridgehead atoms. The van der Waals surface area contributed by atoms with Crippen molar-refractivity contribution in [2.45, 2.75) is 13.3 Å². The van der Waals surface area contributed by atoms with E-state index in [-0.39, 0.29) is 0 Å². The first-order valence-corrected chi connectivity index (χ1v) is 4.09. The van der Waals surface area contributed by atoms with Crippen LogP contribution in [0.1, 0.15) is 11.5 Å². The maximum Gasteiger partial charge on any atom is 0.406 e. The number of hydrogen-bond donors (Lipinski definition) is 1. The zero-order chi connectivity index (χ0) is 9.68. The van der Waals surface area contributed by atoms with E-state index in [9.17, 15) is 4.79 Å². The molecule has 1 rings (SSSR count). The van der Waals surface area contributed by atoms with E-state index in [0.717, 1.165) is 11.5 Å². The molecule has 0 saturated carbocycles. The maximum atomic E-state index is 10.6. The molecule has 0 aromatic carbocycles. The number of alkyl carbamates (subject to hydrolysis) is 1. The molecule has 1 N–H and O–H groups in total. The molecule has 0 saturated heterocycles. The second-order valence-corrected chi connectivity index (χ2v) is 2.68. The van der Waals surface area contributed by atoms with Gasteiger partial charge in [0.05, 0.1) is 7.11 Å². The highest BCUT2D eigenvalue weighted by atomic mass is 16.5. The Labute approximate surface area is 76.9 Å². The van der Waals surface area contributed by atoms with Gasteiger partial charge in [-0.05, 0) is 19.1 Å². The number of nitrogens with one attached hydrogen (secondary N) is 1. The fraction of sp³-hybridized carbons (Fsp3) is 0.444. The number of carbonyl (C=O) groups excluding carboxylic acids is 1. The molecule has 1 aromatic heterocycles. The molecular formula is C9H13NO3. The third kappa shape index (κ3) is 3.19. The van der Waals surface area contributed by atoms with Crippen molar-refractivity contribution >= 4 is 6.09 Å². The van der Waals surface area contributed by atoms with Gasteiger partial charge in [0.2, 0.25) is 0 Å². The lowest BCUT2D eigenvalue weighted by Crippen LogP contribution is -2.25. The summed E-state index contributed by atoms with van der Waals surface area (Å²) >= 11 is 0. The second kappa shape index (κ2) is 4.54. The Morgan fingerprint density at radius 2 is 2.38 bits per heavy atom. The summed E-state index contributed by atoms with van der Waals surface area (Å²) < 4.78 is 9.72. The summed E-state index contributed by atoms with van der Waals surface area (Å²) in [6.45, 7) is 2.41.